The number of benzene rings is 1. The minimum atomic E-state index is -0.119. The van der Waals surface area contributed by atoms with Crippen molar-refractivity contribution in [1.82, 2.24) is 10.2 Å². The average Bonchev–Trinajstić information content (AvgIpc) is 2.54. The van der Waals surface area contributed by atoms with Crippen LogP contribution in [0.25, 0.3) is 0 Å². The SMILES string of the molecule is C[NH+]1CCN(C(=O)CCNC(=O)c2ccc(C(C)(C)C)cc2)CC1. The highest BCUT2D eigenvalue weighted by atomic mass is 16.2. The third kappa shape index (κ3) is 5.06. The monoisotopic (exact) mass is 332 g/mol. The summed E-state index contributed by atoms with van der Waals surface area (Å²) < 4.78 is 0. The zero-order valence-electron chi connectivity index (χ0n) is 15.3. The number of rotatable bonds is 4. The highest BCUT2D eigenvalue weighted by Gasteiger charge is 2.21. The lowest BCUT2D eigenvalue weighted by Gasteiger charge is -2.30. The largest absolute Gasteiger partial charge is 0.352 e. The topological polar surface area (TPSA) is 53.9 Å². The maximum atomic E-state index is 12.2. The molecule has 2 amide bonds. The maximum absolute atomic E-state index is 12.2. The van der Waals surface area contributed by atoms with Crippen LogP contribution >= 0.6 is 0 Å². The first-order chi connectivity index (χ1) is 11.3. The van der Waals surface area contributed by atoms with Gasteiger partial charge in [-0.3, -0.25) is 9.59 Å². The number of likely N-dealkylation sites (N-methyl/N-ethyl adjacent to an activating group) is 1. The molecule has 1 fully saturated rings. The second-order valence-electron chi connectivity index (χ2n) is 7.67. The molecule has 0 saturated carbocycles. The maximum Gasteiger partial charge on any atom is 0.251 e. The van der Waals surface area contributed by atoms with Gasteiger partial charge in [-0.2, -0.15) is 0 Å². The van der Waals surface area contributed by atoms with E-state index in [9.17, 15) is 9.59 Å². The molecule has 0 bridgehead atoms. The molecule has 132 valence electrons. The predicted octanol–water partition coefficient (Wildman–Crippen LogP) is 0.461. The lowest BCUT2D eigenvalue weighted by atomic mass is 9.87. The van der Waals surface area contributed by atoms with Crippen LogP contribution < -0.4 is 10.2 Å². The van der Waals surface area contributed by atoms with Gasteiger partial charge in [-0.1, -0.05) is 32.9 Å². The van der Waals surface area contributed by atoms with Gasteiger partial charge in [0.25, 0.3) is 5.91 Å². The van der Waals surface area contributed by atoms with E-state index in [1.807, 2.05) is 29.2 Å². The first-order valence-corrected chi connectivity index (χ1v) is 8.75. The minimum Gasteiger partial charge on any atom is -0.352 e. The van der Waals surface area contributed by atoms with Gasteiger partial charge in [-0.05, 0) is 23.1 Å². The zero-order valence-corrected chi connectivity index (χ0v) is 15.3. The normalized spacial score (nSPS) is 16.1. The Balaban J connectivity index is 1.78. The molecule has 1 aliphatic heterocycles. The van der Waals surface area contributed by atoms with Crippen molar-refractivity contribution in [2.75, 3.05) is 39.8 Å². The Labute approximate surface area is 145 Å². The molecule has 1 aromatic carbocycles. The molecule has 2 N–H and O–H groups in total. The summed E-state index contributed by atoms with van der Waals surface area (Å²) >= 11 is 0. The Morgan fingerprint density at radius 3 is 2.25 bits per heavy atom. The van der Waals surface area contributed by atoms with Crippen molar-refractivity contribution >= 4 is 11.8 Å². The van der Waals surface area contributed by atoms with Crippen molar-refractivity contribution in [3.63, 3.8) is 0 Å². The molecular formula is C19H30N3O2+. The van der Waals surface area contributed by atoms with Crippen LogP contribution in [-0.2, 0) is 10.2 Å². The van der Waals surface area contributed by atoms with E-state index in [2.05, 4.69) is 33.1 Å². The Hall–Kier alpha value is -1.88. The van der Waals surface area contributed by atoms with Crippen LogP contribution in [0, 0.1) is 0 Å². The van der Waals surface area contributed by atoms with E-state index in [-0.39, 0.29) is 17.2 Å². The molecule has 5 nitrogen and oxygen atoms in total. The summed E-state index contributed by atoms with van der Waals surface area (Å²) in [5.41, 5.74) is 1.91. The number of carbonyl (C=O) groups is 2. The van der Waals surface area contributed by atoms with Crippen LogP contribution in [0.4, 0.5) is 0 Å². The van der Waals surface area contributed by atoms with E-state index < -0.39 is 0 Å². The van der Waals surface area contributed by atoms with Gasteiger partial charge in [0.15, 0.2) is 0 Å². The van der Waals surface area contributed by atoms with Gasteiger partial charge in [-0.25, -0.2) is 0 Å². The Morgan fingerprint density at radius 2 is 1.71 bits per heavy atom. The van der Waals surface area contributed by atoms with Crippen molar-refractivity contribution in [2.24, 2.45) is 0 Å². The van der Waals surface area contributed by atoms with E-state index in [1.165, 1.54) is 10.5 Å². The lowest BCUT2D eigenvalue weighted by Crippen LogP contribution is -3.12. The Bertz CT molecular complexity index is 567. The summed E-state index contributed by atoms with van der Waals surface area (Å²) in [6.07, 6.45) is 0.366. The molecule has 0 spiro atoms. The fraction of sp³-hybridized carbons (Fsp3) is 0.579. The summed E-state index contributed by atoms with van der Waals surface area (Å²) in [6, 6.07) is 7.68. The molecule has 1 aromatic rings. The summed E-state index contributed by atoms with van der Waals surface area (Å²) in [4.78, 5) is 27.7. The number of quaternary nitrogens is 1. The number of nitrogens with one attached hydrogen (secondary N) is 2. The van der Waals surface area contributed by atoms with Gasteiger partial charge in [-0.15, -0.1) is 0 Å². The number of amides is 2. The van der Waals surface area contributed by atoms with E-state index in [0.29, 0.717) is 18.5 Å². The highest BCUT2D eigenvalue weighted by molar-refractivity contribution is 5.94. The molecule has 0 atom stereocenters. The predicted molar refractivity (Wildman–Crippen MR) is 95.3 cm³/mol. The molecule has 1 heterocycles. The summed E-state index contributed by atoms with van der Waals surface area (Å²) in [6.45, 7) is 10.4. The number of hydrogen-bond donors (Lipinski definition) is 2. The fourth-order valence-corrected chi connectivity index (χ4v) is 2.80. The van der Waals surface area contributed by atoms with E-state index >= 15 is 0 Å². The van der Waals surface area contributed by atoms with Crippen molar-refractivity contribution in [3.8, 4) is 0 Å². The first kappa shape index (κ1) is 18.5. The third-order valence-corrected chi connectivity index (χ3v) is 4.61. The summed E-state index contributed by atoms with van der Waals surface area (Å²) in [5.74, 6) is 0.0111. The smallest absolute Gasteiger partial charge is 0.251 e. The molecular weight excluding hydrogens is 302 g/mol. The summed E-state index contributed by atoms with van der Waals surface area (Å²) in [7, 11) is 2.15. The number of carbonyl (C=O) groups excluding carboxylic acids is 2. The second kappa shape index (κ2) is 7.79. The Morgan fingerprint density at radius 1 is 1.12 bits per heavy atom. The summed E-state index contributed by atoms with van der Waals surface area (Å²) in [5, 5.41) is 2.84. The number of piperazine rings is 1. The van der Waals surface area contributed by atoms with Crippen molar-refractivity contribution in [1.29, 1.82) is 0 Å². The van der Waals surface area contributed by atoms with Gasteiger partial charge < -0.3 is 15.1 Å². The van der Waals surface area contributed by atoms with Crippen molar-refractivity contribution in [2.45, 2.75) is 32.6 Å². The highest BCUT2D eigenvalue weighted by Crippen LogP contribution is 2.22. The first-order valence-electron chi connectivity index (χ1n) is 8.75. The number of hydrogen-bond acceptors (Lipinski definition) is 2. The molecule has 0 unspecified atom stereocenters. The van der Waals surface area contributed by atoms with Crippen LogP contribution in [0.3, 0.4) is 0 Å². The molecule has 0 aromatic heterocycles. The third-order valence-electron chi connectivity index (χ3n) is 4.61. The number of nitrogens with zero attached hydrogens (tertiary/aromatic N) is 1. The van der Waals surface area contributed by atoms with Crippen molar-refractivity contribution in [3.05, 3.63) is 35.4 Å². The zero-order chi connectivity index (χ0) is 17.7. The average molecular weight is 332 g/mol. The van der Waals surface area contributed by atoms with Gasteiger partial charge in [0.1, 0.15) is 0 Å². The van der Waals surface area contributed by atoms with Crippen LogP contribution in [0.2, 0.25) is 0 Å². The van der Waals surface area contributed by atoms with Gasteiger partial charge >= 0.3 is 0 Å². The Kier molecular flexibility index (Phi) is 5.99. The molecule has 1 aliphatic rings. The van der Waals surface area contributed by atoms with Gasteiger partial charge in [0.05, 0.1) is 33.2 Å². The molecule has 24 heavy (non-hydrogen) atoms. The molecule has 0 radical (unpaired) electrons. The minimum absolute atomic E-state index is 0.0751. The van der Waals surface area contributed by atoms with Crippen LogP contribution in [0.5, 0.6) is 0 Å². The quantitative estimate of drug-likeness (QED) is 0.842. The van der Waals surface area contributed by atoms with Crippen molar-refractivity contribution < 1.29 is 14.5 Å². The van der Waals surface area contributed by atoms with Crippen LogP contribution in [-0.4, -0.2) is 56.5 Å². The molecule has 1 saturated heterocycles. The molecule has 2 rings (SSSR count). The second-order valence-corrected chi connectivity index (χ2v) is 7.67. The van der Waals surface area contributed by atoms with E-state index in [1.54, 1.807) is 0 Å². The van der Waals surface area contributed by atoms with Crippen LogP contribution in [0.15, 0.2) is 24.3 Å². The molecule has 5 heteroatoms. The lowest BCUT2D eigenvalue weighted by molar-refractivity contribution is -0.883. The van der Waals surface area contributed by atoms with E-state index in [4.69, 9.17) is 0 Å². The standard InChI is InChI=1S/C19H29N3O2/c1-19(2,3)16-7-5-15(6-8-16)18(24)20-10-9-17(23)22-13-11-21(4)12-14-22/h5-8H,9-14H2,1-4H3,(H,20,24)/p+1. The molecule has 0 aliphatic carbocycles. The fourth-order valence-electron chi connectivity index (χ4n) is 2.80. The van der Waals surface area contributed by atoms with E-state index in [0.717, 1.165) is 26.2 Å². The van der Waals surface area contributed by atoms with Crippen LogP contribution in [0.1, 0.15) is 43.1 Å². The van der Waals surface area contributed by atoms with Gasteiger partial charge in [0.2, 0.25) is 5.91 Å². The van der Waals surface area contributed by atoms with Gasteiger partial charge in [0, 0.05) is 18.5 Å².